The molecule has 0 bridgehead atoms. The molecule has 0 spiro atoms. The predicted molar refractivity (Wildman–Crippen MR) is 120 cm³/mol. The van der Waals surface area contributed by atoms with Gasteiger partial charge in [-0.25, -0.2) is 4.98 Å². The molecule has 0 aliphatic rings. The molecule has 0 aromatic carbocycles. The Bertz CT molecular complexity index is 279. The van der Waals surface area contributed by atoms with Crippen molar-refractivity contribution in [1.29, 1.82) is 0 Å². The van der Waals surface area contributed by atoms with Crippen LogP contribution in [0, 0.1) is 0 Å². The van der Waals surface area contributed by atoms with Gasteiger partial charge in [0.1, 0.15) is 0 Å². The molecule has 1 aromatic rings. The smallest absolute Gasteiger partial charge is 0.0919 e. The lowest BCUT2D eigenvalue weighted by Crippen LogP contribution is -1.85. The fourth-order valence-corrected chi connectivity index (χ4v) is 4.16. The van der Waals surface area contributed by atoms with E-state index in [2.05, 4.69) is 23.8 Å². The van der Waals surface area contributed by atoms with Crippen LogP contribution in [-0.2, 0) is 0 Å². The van der Waals surface area contributed by atoms with Gasteiger partial charge in [0.25, 0.3) is 0 Å². The number of imidazole rings is 1. The molecule has 153 valence electrons. The average Bonchev–Trinajstić information content (AvgIpc) is 3.24. The van der Waals surface area contributed by atoms with Crippen LogP contribution in [0.5, 0.6) is 0 Å². The van der Waals surface area contributed by atoms with Gasteiger partial charge in [-0.1, -0.05) is 112 Å². The van der Waals surface area contributed by atoms with E-state index < -0.39 is 0 Å². The van der Waals surface area contributed by atoms with Crippen molar-refractivity contribution in [2.24, 2.45) is 0 Å². The molecule has 0 unspecified atom stereocenters. The van der Waals surface area contributed by atoms with E-state index in [0.717, 1.165) is 0 Å². The Morgan fingerprint density at radius 1 is 0.615 bits per heavy atom. The monoisotopic (exact) mass is 381 g/mol. The van der Waals surface area contributed by atoms with E-state index in [4.69, 9.17) is 0 Å². The Morgan fingerprint density at radius 3 is 1.38 bits per heavy atom. The van der Waals surface area contributed by atoms with Crippen LogP contribution < -0.4 is 0 Å². The molecular formula is C23H46N2P. The summed E-state index contributed by atoms with van der Waals surface area (Å²) in [5, 5.41) is 0. The zero-order chi connectivity index (χ0) is 19.0. The van der Waals surface area contributed by atoms with E-state index in [1.165, 1.54) is 115 Å². The molecule has 1 radical (unpaired) electrons. The summed E-state index contributed by atoms with van der Waals surface area (Å²) in [6, 6.07) is 0. The number of aromatic nitrogens is 2. The molecule has 0 aliphatic carbocycles. The SMILES string of the molecule is CCCCCCCCCCCCCC[P]CCCCCC.c1c[nH]cn1. The van der Waals surface area contributed by atoms with Crippen molar-refractivity contribution in [2.75, 3.05) is 12.3 Å². The van der Waals surface area contributed by atoms with Crippen molar-refractivity contribution < 1.29 is 0 Å². The number of rotatable bonds is 18. The number of hydrogen-bond donors (Lipinski definition) is 1. The van der Waals surface area contributed by atoms with Gasteiger partial charge >= 0.3 is 0 Å². The summed E-state index contributed by atoms with van der Waals surface area (Å²) in [6.45, 7) is 4.59. The van der Waals surface area contributed by atoms with Gasteiger partial charge in [0.15, 0.2) is 0 Å². The van der Waals surface area contributed by atoms with E-state index in [0.29, 0.717) is 0 Å². The Hall–Kier alpha value is -0.360. The van der Waals surface area contributed by atoms with Crippen LogP contribution in [0.15, 0.2) is 18.7 Å². The van der Waals surface area contributed by atoms with Gasteiger partial charge in [0.05, 0.1) is 6.33 Å². The predicted octanol–water partition coefficient (Wildman–Crippen LogP) is 8.62. The summed E-state index contributed by atoms with van der Waals surface area (Å²) < 4.78 is 0. The largest absolute Gasteiger partial charge is 0.351 e. The number of hydrogen-bond acceptors (Lipinski definition) is 1. The third kappa shape index (κ3) is 23.6. The first-order chi connectivity index (χ1) is 12.9. The molecule has 1 rings (SSSR count). The first kappa shape index (κ1) is 25.6. The second kappa shape index (κ2) is 24.6. The molecule has 2 nitrogen and oxygen atoms in total. The fraction of sp³-hybridized carbons (Fsp3) is 0.870. The summed E-state index contributed by atoms with van der Waals surface area (Å²) in [4.78, 5) is 6.42. The lowest BCUT2D eigenvalue weighted by molar-refractivity contribution is 0.548. The molecule has 0 fully saturated rings. The Labute approximate surface area is 166 Å². The quantitative estimate of drug-likeness (QED) is 0.200. The third-order valence-corrected chi connectivity index (χ3v) is 6.01. The van der Waals surface area contributed by atoms with Crippen molar-refractivity contribution in [2.45, 2.75) is 117 Å². The second-order valence-corrected chi connectivity index (χ2v) is 8.72. The maximum absolute atomic E-state index is 3.67. The number of aromatic amines is 1. The van der Waals surface area contributed by atoms with E-state index in [9.17, 15) is 0 Å². The third-order valence-electron chi connectivity index (χ3n) is 4.75. The Kier molecular flexibility index (Phi) is 24.3. The summed E-state index contributed by atoms with van der Waals surface area (Å²) in [7, 11) is 1.72. The zero-order valence-electron chi connectivity index (χ0n) is 17.9. The molecule has 0 saturated heterocycles. The highest BCUT2D eigenvalue weighted by atomic mass is 31.1. The van der Waals surface area contributed by atoms with E-state index in [1.54, 1.807) is 27.3 Å². The standard InChI is InChI=1S/C20H42P.C3H4N2/c1-3-5-7-9-10-11-12-13-14-15-16-18-20-21-19-17-8-6-4-2;1-2-5-3-4-1/h3-20H2,1-2H3;1-3H,(H,4,5). The lowest BCUT2D eigenvalue weighted by atomic mass is 10.1. The van der Waals surface area contributed by atoms with Gasteiger partial charge in [-0.3, -0.25) is 0 Å². The first-order valence-corrected chi connectivity index (χ1v) is 12.7. The zero-order valence-corrected chi connectivity index (χ0v) is 18.7. The van der Waals surface area contributed by atoms with E-state index >= 15 is 0 Å². The summed E-state index contributed by atoms with van der Waals surface area (Å²) in [6.07, 6.45) is 31.4. The highest BCUT2D eigenvalue weighted by molar-refractivity contribution is 7.37. The minimum Gasteiger partial charge on any atom is -0.351 e. The van der Waals surface area contributed by atoms with Gasteiger partial charge in [-0.2, -0.15) is 0 Å². The van der Waals surface area contributed by atoms with Gasteiger partial charge in [0.2, 0.25) is 0 Å². The number of nitrogens with one attached hydrogen (secondary N) is 1. The first-order valence-electron chi connectivity index (χ1n) is 11.5. The van der Waals surface area contributed by atoms with Crippen LogP contribution in [0.2, 0.25) is 0 Å². The molecule has 0 amide bonds. The topological polar surface area (TPSA) is 28.7 Å². The van der Waals surface area contributed by atoms with Gasteiger partial charge in [0, 0.05) is 12.4 Å². The number of H-pyrrole nitrogens is 1. The van der Waals surface area contributed by atoms with Crippen molar-refractivity contribution in [3.63, 3.8) is 0 Å². The van der Waals surface area contributed by atoms with Crippen molar-refractivity contribution in [3.8, 4) is 0 Å². The molecule has 26 heavy (non-hydrogen) atoms. The molecule has 1 aromatic heterocycles. The lowest BCUT2D eigenvalue weighted by Gasteiger charge is -2.03. The van der Waals surface area contributed by atoms with Gasteiger partial charge < -0.3 is 4.98 Å². The molecule has 0 aliphatic heterocycles. The molecular weight excluding hydrogens is 335 g/mol. The molecule has 1 heterocycles. The normalized spacial score (nSPS) is 11.0. The van der Waals surface area contributed by atoms with Crippen LogP contribution in [-0.4, -0.2) is 22.3 Å². The maximum Gasteiger partial charge on any atom is 0.0919 e. The van der Waals surface area contributed by atoms with Crippen LogP contribution in [0.1, 0.15) is 117 Å². The number of nitrogens with zero attached hydrogens (tertiary/aromatic N) is 1. The van der Waals surface area contributed by atoms with E-state index in [-0.39, 0.29) is 0 Å². The summed E-state index contributed by atoms with van der Waals surface area (Å²) in [5.74, 6) is 0. The van der Waals surface area contributed by atoms with Crippen molar-refractivity contribution in [1.82, 2.24) is 9.97 Å². The Balaban J connectivity index is 0.00000106. The fourth-order valence-electron chi connectivity index (χ4n) is 3.04. The van der Waals surface area contributed by atoms with E-state index in [1.807, 2.05) is 0 Å². The van der Waals surface area contributed by atoms with Crippen LogP contribution in [0.25, 0.3) is 0 Å². The molecule has 1 N–H and O–H groups in total. The maximum atomic E-state index is 3.67. The van der Waals surface area contributed by atoms with Crippen molar-refractivity contribution in [3.05, 3.63) is 18.7 Å². The van der Waals surface area contributed by atoms with Crippen molar-refractivity contribution >= 4 is 8.58 Å². The number of unbranched alkanes of at least 4 members (excludes halogenated alkanes) is 14. The van der Waals surface area contributed by atoms with Gasteiger partial charge in [-0.05, 0) is 25.2 Å². The highest BCUT2D eigenvalue weighted by Crippen LogP contribution is 2.18. The Morgan fingerprint density at radius 2 is 1.04 bits per heavy atom. The summed E-state index contributed by atoms with van der Waals surface area (Å²) in [5.41, 5.74) is 0. The second-order valence-electron chi connectivity index (χ2n) is 7.38. The van der Waals surface area contributed by atoms with Crippen LogP contribution in [0.3, 0.4) is 0 Å². The summed E-state index contributed by atoms with van der Waals surface area (Å²) >= 11 is 0. The average molecular weight is 382 g/mol. The van der Waals surface area contributed by atoms with Crippen LogP contribution >= 0.6 is 8.58 Å². The minimum atomic E-state index is 1.37. The van der Waals surface area contributed by atoms with Gasteiger partial charge in [-0.15, -0.1) is 0 Å². The molecule has 0 saturated carbocycles. The minimum absolute atomic E-state index is 1.37. The molecule has 0 atom stereocenters. The highest BCUT2D eigenvalue weighted by Gasteiger charge is 1.94. The molecule has 3 heteroatoms. The van der Waals surface area contributed by atoms with Crippen LogP contribution in [0.4, 0.5) is 0 Å².